The van der Waals surface area contributed by atoms with Crippen molar-refractivity contribution in [2.75, 3.05) is 5.32 Å². The van der Waals surface area contributed by atoms with Gasteiger partial charge < -0.3 is 10.4 Å². The second kappa shape index (κ2) is 8.18. The maximum atomic E-state index is 12.3. The summed E-state index contributed by atoms with van der Waals surface area (Å²) in [5, 5.41) is 22.6. The lowest BCUT2D eigenvalue weighted by atomic mass is 10.1. The molecule has 122 valence electrons. The first-order chi connectivity index (χ1) is 11.3. The van der Waals surface area contributed by atoms with E-state index in [0.717, 1.165) is 9.13 Å². The number of hydrogen-bond donors (Lipinski definition) is 2. The summed E-state index contributed by atoms with van der Waals surface area (Å²) in [6.45, 7) is 1.81. The first-order valence-electron chi connectivity index (χ1n) is 6.69. The Morgan fingerprint density at radius 3 is 2.67 bits per heavy atom. The van der Waals surface area contributed by atoms with E-state index in [1.54, 1.807) is 30.3 Å². The Hall–Kier alpha value is -1.31. The van der Waals surface area contributed by atoms with Gasteiger partial charge in [0.2, 0.25) is 0 Å². The fourth-order valence-corrected chi connectivity index (χ4v) is 4.07. The minimum Gasteiger partial charge on any atom is -0.506 e. The standard InChI is InChI=1S/C17H11ClI2N2O2/c1-9-4-12(18)2-3-15(9)22-17(24)11(8-21)5-10-6-13(19)7-14(20)16(10)23/h2-7,23H,1H3,(H,22,24)/b11-5+. The van der Waals surface area contributed by atoms with E-state index in [0.29, 0.717) is 19.8 Å². The minimum atomic E-state index is -0.545. The monoisotopic (exact) mass is 564 g/mol. The number of aryl methyl sites for hydroxylation is 1. The van der Waals surface area contributed by atoms with Crippen LogP contribution in [0.1, 0.15) is 11.1 Å². The number of phenols is 1. The summed E-state index contributed by atoms with van der Waals surface area (Å²) in [7, 11) is 0. The number of nitrogens with one attached hydrogen (secondary N) is 1. The minimum absolute atomic E-state index is 0.0410. The predicted molar refractivity (Wildman–Crippen MR) is 112 cm³/mol. The number of carbonyl (C=O) groups excluding carboxylic acids is 1. The van der Waals surface area contributed by atoms with E-state index in [9.17, 15) is 15.2 Å². The number of hydrogen-bond acceptors (Lipinski definition) is 3. The van der Waals surface area contributed by atoms with E-state index in [4.69, 9.17) is 11.6 Å². The number of rotatable bonds is 3. The average molecular weight is 565 g/mol. The van der Waals surface area contributed by atoms with Crippen LogP contribution in [0, 0.1) is 25.4 Å². The number of nitrogens with zero attached hydrogens (tertiary/aromatic N) is 1. The molecule has 0 bridgehead atoms. The van der Waals surface area contributed by atoms with Crippen LogP contribution in [0.3, 0.4) is 0 Å². The summed E-state index contributed by atoms with van der Waals surface area (Å²) in [6, 6.07) is 10.4. The van der Waals surface area contributed by atoms with Crippen molar-refractivity contribution in [1.29, 1.82) is 5.26 Å². The van der Waals surface area contributed by atoms with Gasteiger partial charge in [0.05, 0.1) is 3.57 Å². The van der Waals surface area contributed by atoms with Gasteiger partial charge >= 0.3 is 0 Å². The molecule has 0 aromatic heterocycles. The summed E-state index contributed by atoms with van der Waals surface area (Å²) < 4.78 is 1.55. The Balaban J connectivity index is 2.34. The van der Waals surface area contributed by atoms with Gasteiger partial charge in [0.25, 0.3) is 5.91 Å². The number of aromatic hydroxyl groups is 1. The second-order valence-corrected chi connectivity index (χ2v) is 7.75. The highest BCUT2D eigenvalue weighted by Crippen LogP contribution is 2.29. The van der Waals surface area contributed by atoms with Gasteiger partial charge in [-0.15, -0.1) is 0 Å². The number of phenolic OH excluding ortho intramolecular Hbond substituents is 1. The van der Waals surface area contributed by atoms with Gasteiger partial charge in [-0.3, -0.25) is 4.79 Å². The van der Waals surface area contributed by atoms with Crippen molar-refractivity contribution in [1.82, 2.24) is 0 Å². The summed E-state index contributed by atoms with van der Waals surface area (Å²) in [4.78, 5) is 12.3. The molecule has 0 aliphatic carbocycles. The first kappa shape index (κ1) is 19.0. The molecule has 0 radical (unpaired) electrons. The largest absolute Gasteiger partial charge is 0.506 e. The Morgan fingerprint density at radius 2 is 2.04 bits per heavy atom. The molecule has 2 rings (SSSR count). The molecule has 2 aromatic rings. The van der Waals surface area contributed by atoms with Gasteiger partial charge in [-0.1, -0.05) is 11.6 Å². The second-order valence-electron chi connectivity index (χ2n) is 4.91. The molecular formula is C17H11ClI2N2O2. The van der Waals surface area contributed by atoms with Crippen LogP contribution in [0.5, 0.6) is 5.75 Å². The molecule has 4 nitrogen and oxygen atoms in total. The highest BCUT2D eigenvalue weighted by molar-refractivity contribution is 14.1. The van der Waals surface area contributed by atoms with Crippen molar-refractivity contribution in [3.63, 3.8) is 0 Å². The quantitative estimate of drug-likeness (QED) is 0.309. The molecule has 0 unspecified atom stereocenters. The van der Waals surface area contributed by atoms with Crippen molar-refractivity contribution >= 4 is 74.5 Å². The van der Waals surface area contributed by atoms with Gasteiger partial charge in [-0.05, 0) is 94.1 Å². The fraction of sp³-hybridized carbons (Fsp3) is 0.0588. The topological polar surface area (TPSA) is 73.1 Å². The van der Waals surface area contributed by atoms with E-state index in [1.165, 1.54) is 6.08 Å². The van der Waals surface area contributed by atoms with E-state index in [-0.39, 0.29) is 11.3 Å². The molecule has 0 aliphatic rings. The van der Waals surface area contributed by atoms with E-state index in [1.807, 2.05) is 35.6 Å². The van der Waals surface area contributed by atoms with Crippen LogP contribution >= 0.6 is 56.8 Å². The number of anilines is 1. The number of carbonyl (C=O) groups is 1. The van der Waals surface area contributed by atoms with E-state index < -0.39 is 5.91 Å². The maximum Gasteiger partial charge on any atom is 0.266 e. The molecule has 1 amide bonds. The van der Waals surface area contributed by atoms with Crippen LogP contribution in [0.25, 0.3) is 6.08 Å². The molecule has 0 fully saturated rings. The lowest BCUT2D eigenvalue weighted by Gasteiger charge is -2.09. The molecule has 7 heteroatoms. The number of benzene rings is 2. The zero-order valence-electron chi connectivity index (χ0n) is 12.4. The number of nitriles is 1. The first-order valence-corrected chi connectivity index (χ1v) is 9.22. The van der Waals surface area contributed by atoms with Crippen LogP contribution in [0.2, 0.25) is 5.02 Å². The van der Waals surface area contributed by atoms with Gasteiger partial charge in [0.1, 0.15) is 17.4 Å². The summed E-state index contributed by atoms with van der Waals surface area (Å²) in [6.07, 6.45) is 1.38. The summed E-state index contributed by atoms with van der Waals surface area (Å²) >= 11 is 10.00. The fourth-order valence-electron chi connectivity index (χ4n) is 1.96. The number of amides is 1. The molecular weight excluding hydrogens is 553 g/mol. The van der Waals surface area contributed by atoms with E-state index in [2.05, 4.69) is 27.9 Å². The normalized spacial score (nSPS) is 11.0. The molecule has 2 aromatic carbocycles. The lowest BCUT2D eigenvalue weighted by Crippen LogP contribution is -2.14. The smallest absolute Gasteiger partial charge is 0.266 e. The Morgan fingerprint density at radius 1 is 1.33 bits per heavy atom. The molecule has 0 atom stereocenters. The molecule has 0 saturated heterocycles. The van der Waals surface area contributed by atoms with Gasteiger partial charge in [0, 0.05) is 19.8 Å². The van der Waals surface area contributed by atoms with Crippen molar-refractivity contribution in [2.24, 2.45) is 0 Å². The SMILES string of the molecule is Cc1cc(Cl)ccc1NC(=O)/C(C#N)=C/c1cc(I)cc(I)c1O. The Kier molecular flexibility index (Phi) is 6.48. The Labute approximate surface area is 171 Å². The van der Waals surface area contributed by atoms with Gasteiger partial charge in [-0.2, -0.15) is 5.26 Å². The molecule has 0 spiro atoms. The third-order valence-corrected chi connectivity index (χ3v) is 4.84. The molecule has 0 saturated carbocycles. The third-order valence-electron chi connectivity index (χ3n) is 3.16. The van der Waals surface area contributed by atoms with Crippen LogP contribution in [0.4, 0.5) is 5.69 Å². The van der Waals surface area contributed by atoms with Gasteiger partial charge in [-0.25, -0.2) is 0 Å². The lowest BCUT2D eigenvalue weighted by molar-refractivity contribution is -0.112. The zero-order chi connectivity index (χ0) is 17.9. The van der Waals surface area contributed by atoms with Crippen LogP contribution < -0.4 is 5.32 Å². The number of halogens is 3. The Bertz CT molecular complexity index is 889. The van der Waals surface area contributed by atoms with Crippen molar-refractivity contribution < 1.29 is 9.90 Å². The van der Waals surface area contributed by atoms with Crippen LogP contribution in [0.15, 0.2) is 35.9 Å². The average Bonchev–Trinajstić information content (AvgIpc) is 2.51. The van der Waals surface area contributed by atoms with E-state index >= 15 is 0 Å². The van der Waals surface area contributed by atoms with Crippen molar-refractivity contribution in [2.45, 2.75) is 6.92 Å². The maximum absolute atomic E-state index is 12.3. The zero-order valence-corrected chi connectivity index (χ0v) is 17.5. The third kappa shape index (κ3) is 4.62. The van der Waals surface area contributed by atoms with Gasteiger partial charge in [0.15, 0.2) is 0 Å². The highest BCUT2D eigenvalue weighted by atomic mass is 127. The van der Waals surface area contributed by atoms with Crippen molar-refractivity contribution in [3.8, 4) is 11.8 Å². The summed E-state index contributed by atoms with van der Waals surface area (Å²) in [5.41, 5.74) is 1.69. The summed E-state index contributed by atoms with van der Waals surface area (Å²) in [5.74, 6) is -0.504. The van der Waals surface area contributed by atoms with Crippen molar-refractivity contribution in [3.05, 3.63) is 59.2 Å². The molecule has 24 heavy (non-hydrogen) atoms. The molecule has 0 aliphatic heterocycles. The van der Waals surface area contributed by atoms with Crippen LogP contribution in [-0.2, 0) is 4.79 Å². The predicted octanol–water partition coefficient (Wildman–Crippen LogP) is 5.11. The van der Waals surface area contributed by atoms with Crippen LogP contribution in [-0.4, -0.2) is 11.0 Å². The molecule has 0 heterocycles. The molecule has 2 N–H and O–H groups in total. The highest BCUT2D eigenvalue weighted by Gasteiger charge is 2.13.